The predicted octanol–water partition coefficient (Wildman–Crippen LogP) is 7.16. The van der Waals surface area contributed by atoms with Gasteiger partial charge in [0.2, 0.25) is 0 Å². The summed E-state index contributed by atoms with van der Waals surface area (Å²) in [5, 5.41) is 20.1. The number of aryl methyl sites for hydroxylation is 2. The first-order valence-corrected chi connectivity index (χ1v) is 14.1. The van der Waals surface area contributed by atoms with Gasteiger partial charge in [-0.25, -0.2) is 4.79 Å². The normalized spacial score (nSPS) is 14.0. The smallest absolute Gasteiger partial charge is 0.326 e. The molecule has 0 aliphatic carbocycles. The van der Waals surface area contributed by atoms with Gasteiger partial charge in [-0.3, -0.25) is 4.79 Å². The van der Waals surface area contributed by atoms with Crippen LogP contribution in [0.15, 0.2) is 36.4 Å². The number of nitrogens with zero attached hydrogens (tertiary/aromatic N) is 1. The molecule has 0 spiro atoms. The maximum absolute atomic E-state index is 13.0. The van der Waals surface area contributed by atoms with E-state index in [4.69, 9.17) is 4.74 Å². The maximum atomic E-state index is 13.0. The lowest BCUT2D eigenvalue weighted by Crippen LogP contribution is -2.45. The Morgan fingerprint density at radius 2 is 1.41 bits per heavy atom. The van der Waals surface area contributed by atoms with E-state index < -0.39 is 17.6 Å². The Kier molecular flexibility index (Phi) is 11.8. The molecule has 39 heavy (non-hydrogen) atoms. The van der Waals surface area contributed by atoms with Gasteiger partial charge in [-0.05, 0) is 80.3 Å². The van der Waals surface area contributed by atoms with Gasteiger partial charge in [-0.2, -0.15) is 0 Å². The molecule has 2 N–H and O–H groups in total. The summed E-state index contributed by atoms with van der Waals surface area (Å²) in [6, 6.07) is 11.2. The number of carbonyl (C=O) groups is 2. The van der Waals surface area contributed by atoms with Gasteiger partial charge in [-0.15, -0.1) is 0 Å². The van der Waals surface area contributed by atoms with Crippen LogP contribution in [0.3, 0.4) is 0 Å². The van der Waals surface area contributed by atoms with Crippen LogP contribution in [0.25, 0.3) is 0 Å². The molecule has 6 nitrogen and oxygen atoms in total. The summed E-state index contributed by atoms with van der Waals surface area (Å²) in [7, 11) is 1.52. The zero-order valence-electron chi connectivity index (χ0n) is 26.2. The number of rotatable bonds is 10. The molecule has 0 fully saturated rings. The molecule has 2 atom stereocenters. The van der Waals surface area contributed by atoms with Gasteiger partial charge in [0.05, 0.1) is 0 Å². The number of carboxylic acid groups (broad SMARTS) is 1. The summed E-state index contributed by atoms with van der Waals surface area (Å²) in [5.74, 6) is -0.589. The van der Waals surface area contributed by atoms with Crippen molar-refractivity contribution in [1.29, 1.82) is 0 Å². The molecule has 0 saturated carbocycles. The predicted molar refractivity (Wildman–Crippen MR) is 160 cm³/mol. The average molecular weight is 542 g/mol. The molecule has 0 aromatic heterocycles. The van der Waals surface area contributed by atoms with Crippen molar-refractivity contribution < 1.29 is 24.5 Å². The number of amides is 1. The number of likely N-dealkylation sites (N-methyl/N-ethyl adjacent to an activating group) is 1. The van der Waals surface area contributed by atoms with Crippen LogP contribution in [0.1, 0.15) is 108 Å². The van der Waals surface area contributed by atoms with E-state index in [-0.39, 0.29) is 23.3 Å². The topological polar surface area (TPSA) is 87.1 Å². The van der Waals surface area contributed by atoms with Crippen LogP contribution in [0.4, 0.5) is 0 Å². The van der Waals surface area contributed by atoms with Crippen LogP contribution in [-0.2, 0) is 10.2 Å². The number of hydrogen-bond donors (Lipinski definition) is 2. The van der Waals surface area contributed by atoms with Gasteiger partial charge >= 0.3 is 5.97 Å². The van der Waals surface area contributed by atoms with Crippen molar-refractivity contribution in [2.45, 2.75) is 106 Å². The molecule has 6 heteroatoms. The third-order valence-electron chi connectivity index (χ3n) is 8.33. The second kappa shape index (κ2) is 13.5. The highest BCUT2D eigenvalue weighted by Crippen LogP contribution is 2.41. The van der Waals surface area contributed by atoms with Gasteiger partial charge in [0.25, 0.3) is 5.91 Å². The van der Waals surface area contributed by atoms with Crippen molar-refractivity contribution in [3.05, 3.63) is 64.2 Å². The molecule has 218 valence electrons. The van der Waals surface area contributed by atoms with Crippen molar-refractivity contribution in [2.24, 2.45) is 5.41 Å². The number of aliphatic hydroxyl groups is 1. The molecule has 0 heterocycles. The lowest BCUT2D eigenvalue weighted by molar-refractivity contribution is -0.141. The third kappa shape index (κ3) is 7.42. The standard InChI is InChI=1S/C31H45NO5.C2H6/c1-11-31(12-2,23-13-15-25(20(3)17-23)27(33)32(10)22(5)28(34)35)24-14-16-26(21(4)18-24)37-19-30(9,36)29(6,7)8;1-2/h13-18,22,36H,11-12,19H2,1-10H3,(H,34,35);1-2H3. The van der Waals surface area contributed by atoms with Crippen molar-refractivity contribution >= 4 is 11.9 Å². The van der Waals surface area contributed by atoms with E-state index in [9.17, 15) is 19.8 Å². The Morgan fingerprint density at radius 1 is 0.923 bits per heavy atom. The summed E-state index contributed by atoms with van der Waals surface area (Å²) in [6.45, 7) is 21.7. The Bertz CT molecular complexity index is 1130. The zero-order chi connectivity index (χ0) is 30.3. The van der Waals surface area contributed by atoms with Crippen molar-refractivity contribution in [2.75, 3.05) is 13.7 Å². The molecule has 0 aliphatic rings. The molecular formula is C33H51NO5. The van der Waals surface area contributed by atoms with Crippen molar-refractivity contribution in [1.82, 2.24) is 4.90 Å². The third-order valence-corrected chi connectivity index (χ3v) is 8.33. The fourth-order valence-corrected chi connectivity index (χ4v) is 4.51. The highest BCUT2D eigenvalue weighted by Gasteiger charge is 2.36. The lowest BCUT2D eigenvalue weighted by atomic mass is 9.70. The zero-order valence-corrected chi connectivity index (χ0v) is 26.2. The fraction of sp³-hybridized carbons (Fsp3) is 0.576. The number of benzene rings is 2. The molecular weight excluding hydrogens is 490 g/mol. The van der Waals surface area contributed by atoms with Crippen LogP contribution in [0.2, 0.25) is 0 Å². The number of aliphatic carboxylic acids is 1. The summed E-state index contributed by atoms with van der Waals surface area (Å²) in [6.07, 6.45) is 1.73. The van der Waals surface area contributed by atoms with E-state index >= 15 is 0 Å². The minimum Gasteiger partial charge on any atom is -0.490 e. The second-order valence-electron chi connectivity index (χ2n) is 11.5. The quantitative estimate of drug-likeness (QED) is 0.333. The molecule has 2 unspecified atom stereocenters. The van der Waals surface area contributed by atoms with Crippen LogP contribution < -0.4 is 4.74 Å². The van der Waals surface area contributed by atoms with E-state index in [2.05, 4.69) is 32.0 Å². The van der Waals surface area contributed by atoms with Gasteiger partial charge in [0, 0.05) is 18.0 Å². The Balaban J connectivity index is 0.00000371. The van der Waals surface area contributed by atoms with Crippen LogP contribution in [-0.4, -0.2) is 52.3 Å². The molecule has 2 aromatic rings. The first-order valence-electron chi connectivity index (χ1n) is 14.1. The lowest BCUT2D eigenvalue weighted by Gasteiger charge is -2.37. The number of carbonyl (C=O) groups excluding carboxylic acids is 1. The van der Waals surface area contributed by atoms with Crippen LogP contribution in [0, 0.1) is 19.3 Å². The minimum atomic E-state index is -1.04. The largest absolute Gasteiger partial charge is 0.490 e. The Labute approximate surface area is 236 Å². The highest BCUT2D eigenvalue weighted by atomic mass is 16.5. The first kappa shape index (κ1) is 34.2. The minimum absolute atomic E-state index is 0.201. The summed E-state index contributed by atoms with van der Waals surface area (Å²) >= 11 is 0. The van der Waals surface area contributed by atoms with Crippen molar-refractivity contribution in [3.63, 3.8) is 0 Å². The molecule has 1 amide bonds. The molecule has 0 bridgehead atoms. The monoisotopic (exact) mass is 541 g/mol. The Morgan fingerprint density at radius 3 is 1.82 bits per heavy atom. The Hall–Kier alpha value is -2.86. The summed E-state index contributed by atoms with van der Waals surface area (Å²) in [5.41, 5.74) is 3.07. The van der Waals surface area contributed by atoms with E-state index in [1.165, 1.54) is 24.4 Å². The van der Waals surface area contributed by atoms with E-state index in [1.54, 1.807) is 6.92 Å². The van der Waals surface area contributed by atoms with Crippen molar-refractivity contribution in [3.8, 4) is 5.75 Å². The molecule has 0 radical (unpaired) electrons. The number of carboxylic acids is 1. The van der Waals surface area contributed by atoms with E-state index in [0.717, 1.165) is 35.3 Å². The van der Waals surface area contributed by atoms with E-state index in [1.807, 2.05) is 66.7 Å². The summed E-state index contributed by atoms with van der Waals surface area (Å²) in [4.78, 5) is 25.6. The number of ether oxygens (including phenoxy) is 1. The fourth-order valence-electron chi connectivity index (χ4n) is 4.51. The molecule has 0 aliphatic heterocycles. The second-order valence-corrected chi connectivity index (χ2v) is 11.5. The summed E-state index contributed by atoms with van der Waals surface area (Å²) < 4.78 is 6.05. The van der Waals surface area contributed by atoms with Gasteiger partial charge in [-0.1, -0.05) is 72.7 Å². The molecule has 2 aromatic carbocycles. The average Bonchev–Trinajstić information content (AvgIpc) is 2.88. The number of hydrogen-bond acceptors (Lipinski definition) is 4. The van der Waals surface area contributed by atoms with Crippen LogP contribution >= 0.6 is 0 Å². The maximum Gasteiger partial charge on any atom is 0.326 e. The SMILES string of the molecule is CC.CCC(CC)(c1ccc(OCC(C)(O)C(C)(C)C)c(C)c1)c1ccc(C(=O)N(C)C(C)C(=O)O)c(C)c1. The molecule has 2 rings (SSSR count). The van der Waals surface area contributed by atoms with Gasteiger partial charge in [0.1, 0.15) is 24.0 Å². The van der Waals surface area contributed by atoms with Crippen LogP contribution in [0.5, 0.6) is 5.75 Å². The van der Waals surface area contributed by atoms with E-state index in [0.29, 0.717) is 5.56 Å². The van der Waals surface area contributed by atoms with Gasteiger partial charge in [0.15, 0.2) is 0 Å². The molecule has 0 saturated heterocycles. The van der Waals surface area contributed by atoms with Gasteiger partial charge < -0.3 is 19.8 Å². The highest BCUT2D eigenvalue weighted by molar-refractivity contribution is 5.97. The first-order chi connectivity index (χ1) is 18.0.